The van der Waals surface area contributed by atoms with E-state index in [0.29, 0.717) is 31.1 Å². The van der Waals surface area contributed by atoms with Gasteiger partial charge in [0, 0.05) is 6.42 Å². The standard InChI is InChI=1S/C17H29NO3/c1-13-7-6-10-17(12-13,16(20)21)18-15(19)11-14-8-4-2-3-5-9-14/h13-14H,2-12H2,1H3,(H,18,19)(H,20,21). The van der Waals surface area contributed by atoms with Gasteiger partial charge in [0.25, 0.3) is 0 Å². The number of rotatable bonds is 4. The average molecular weight is 295 g/mol. The quantitative estimate of drug-likeness (QED) is 0.780. The van der Waals surface area contributed by atoms with Gasteiger partial charge >= 0.3 is 5.97 Å². The van der Waals surface area contributed by atoms with E-state index in [9.17, 15) is 14.7 Å². The molecule has 0 spiro atoms. The highest BCUT2D eigenvalue weighted by Gasteiger charge is 2.43. The zero-order valence-electron chi connectivity index (χ0n) is 13.2. The highest BCUT2D eigenvalue weighted by atomic mass is 16.4. The van der Waals surface area contributed by atoms with Crippen molar-refractivity contribution in [3.63, 3.8) is 0 Å². The third kappa shape index (κ3) is 4.45. The Bertz CT molecular complexity index is 374. The number of carboxylic acids is 1. The lowest BCUT2D eigenvalue weighted by molar-refractivity contribution is -0.150. The molecule has 0 aromatic carbocycles. The van der Waals surface area contributed by atoms with Crippen molar-refractivity contribution in [2.75, 3.05) is 0 Å². The summed E-state index contributed by atoms with van der Waals surface area (Å²) < 4.78 is 0. The summed E-state index contributed by atoms with van der Waals surface area (Å²) >= 11 is 0. The zero-order valence-corrected chi connectivity index (χ0v) is 13.2. The summed E-state index contributed by atoms with van der Waals surface area (Å²) in [6.45, 7) is 2.08. The first-order valence-electron chi connectivity index (χ1n) is 8.56. The Morgan fingerprint density at radius 1 is 1.10 bits per heavy atom. The van der Waals surface area contributed by atoms with Crippen LogP contribution in [0.2, 0.25) is 0 Å². The Kier molecular flexibility index (Phi) is 5.65. The lowest BCUT2D eigenvalue weighted by Gasteiger charge is -2.37. The molecule has 0 bridgehead atoms. The van der Waals surface area contributed by atoms with Gasteiger partial charge in [-0.1, -0.05) is 45.4 Å². The fourth-order valence-electron chi connectivity index (χ4n) is 4.06. The van der Waals surface area contributed by atoms with Crippen molar-refractivity contribution in [1.82, 2.24) is 5.32 Å². The van der Waals surface area contributed by atoms with Crippen LogP contribution in [-0.2, 0) is 9.59 Å². The number of amides is 1. The second-order valence-electron chi connectivity index (χ2n) is 7.20. The van der Waals surface area contributed by atoms with Crippen LogP contribution >= 0.6 is 0 Å². The Morgan fingerprint density at radius 3 is 2.33 bits per heavy atom. The lowest BCUT2D eigenvalue weighted by Crippen LogP contribution is -2.57. The van der Waals surface area contributed by atoms with E-state index in [-0.39, 0.29) is 5.91 Å². The Morgan fingerprint density at radius 2 is 1.76 bits per heavy atom. The van der Waals surface area contributed by atoms with E-state index in [2.05, 4.69) is 12.2 Å². The molecule has 0 heterocycles. The summed E-state index contributed by atoms with van der Waals surface area (Å²) in [6.07, 6.45) is 10.8. The van der Waals surface area contributed by atoms with Gasteiger partial charge in [0.15, 0.2) is 0 Å². The summed E-state index contributed by atoms with van der Waals surface area (Å²) in [7, 11) is 0. The zero-order chi connectivity index (χ0) is 15.3. The first-order valence-corrected chi connectivity index (χ1v) is 8.56. The summed E-state index contributed by atoms with van der Waals surface area (Å²) in [6, 6.07) is 0. The van der Waals surface area contributed by atoms with Gasteiger partial charge in [0.1, 0.15) is 5.54 Å². The van der Waals surface area contributed by atoms with Crippen molar-refractivity contribution >= 4 is 11.9 Å². The van der Waals surface area contributed by atoms with Crippen LogP contribution in [0.15, 0.2) is 0 Å². The smallest absolute Gasteiger partial charge is 0.329 e. The van der Waals surface area contributed by atoms with Gasteiger partial charge in [-0.3, -0.25) is 4.79 Å². The molecule has 4 heteroatoms. The van der Waals surface area contributed by atoms with Gasteiger partial charge in [-0.2, -0.15) is 0 Å². The van der Waals surface area contributed by atoms with E-state index < -0.39 is 11.5 Å². The Hall–Kier alpha value is -1.06. The van der Waals surface area contributed by atoms with Crippen molar-refractivity contribution < 1.29 is 14.7 Å². The third-order valence-corrected chi connectivity index (χ3v) is 5.23. The van der Waals surface area contributed by atoms with Gasteiger partial charge in [-0.25, -0.2) is 4.79 Å². The molecule has 120 valence electrons. The number of hydrogen-bond acceptors (Lipinski definition) is 2. The maximum Gasteiger partial charge on any atom is 0.329 e. The summed E-state index contributed by atoms with van der Waals surface area (Å²) in [5, 5.41) is 12.5. The predicted molar refractivity (Wildman–Crippen MR) is 82.0 cm³/mol. The summed E-state index contributed by atoms with van der Waals surface area (Å²) in [5.41, 5.74) is -1.01. The fourth-order valence-corrected chi connectivity index (χ4v) is 4.06. The normalized spacial score (nSPS) is 31.4. The SMILES string of the molecule is CC1CCCC(NC(=O)CC2CCCCCC2)(C(=O)O)C1. The molecule has 0 aliphatic heterocycles. The average Bonchev–Trinajstić information content (AvgIpc) is 2.67. The van der Waals surface area contributed by atoms with Crippen molar-refractivity contribution in [1.29, 1.82) is 0 Å². The maximum absolute atomic E-state index is 12.3. The molecule has 0 saturated heterocycles. The fraction of sp³-hybridized carbons (Fsp3) is 0.882. The molecular weight excluding hydrogens is 266 g/mol. The molecule has 2 aliphatic carbocycles. The largest absolute Gasteiger partial charge is 0.480 e. The Balaban J connectivity index is 1.93. The van der Waals surface area contributed by atoms with E-state index in [1.807, 2.05) is 0 Å². The molecule has 0 radical (unpaired) electrons. The van der Waals surface area contributed by atoms with E-state index in [4.69, 9.17) is 0 Å². The van der Waals surface area contributed by atoms with Crippen LogP contribution in [0.1, 0.15) is 77.6 Å². The van der Waals surface area contributed by atoms with Gasteiger partial charge < -0.3 is 10.4 Å². The maximum atomic E-state index is 12.3. The highest BCUT2D eigenvalue weighted by Crippen LogP contribution is 2.33. The number of hydrogen-bond donors (Lipinski definition) is 2. The summed E-state index contributed by atoms with van der Waals surface area (Å²) in [5.74, 6) is -0.103. The van der Waals surface area contributed by atoms with E-state index in [0.717, 1.165) is 25.7 Å². The molecular formula is C17H29NO3. The van der Waals surface area contributed by atoms with Crippen molar-refractivity contribution in [3.05, 3.63) is 0 Å². The molecule has 0 aromatic heterocycles. The molecule has 2 N–H and O–H groups in total. The molecule has 2 fully saturated rings. The lowest BCUT2D eigenvalue weighted by atomic mass is 9.76. The van der Waals surface area contributed by atoms with Crippen LogP contribution in [0, 0.1) is 11.8 Å². The molecule has 1 amide bonds. The molecule has 2 rings (SSSR count). The highest BCUT2D eigenvalue weighted by molar-refractivity contribution is 5.87. The molecule has 2 atom stereocenters. The minimum Gasteiger partial charge on any atom is -0.480 e. The van der Waals surface area contributed by atoms with E-state index in [1.165, 1.54) is 25.7 Å². The molecule has 2 aliphatic rings. The van der Waals surface area contributed by atoms with Crippen LogP contribution < -0.4 is 5.32 Å². The molecule has 21 heavy (non-hydrogen) atoms. The third-order valence-electron chi connectivity index (χ3n) is 5.23. The molecule has 4 nitrogen and oxygen atoms in total. The van der Waals surface area contributed by atoms with Crippen LogP contribution in [-0.4, -0.2) is 22.5 Å². The van der Waals surface area contributed by atoms with E-state index in [1.54, 1.807) is 0 Å². The first kappa shape index (κ1) is 16.3. The van der Waals surface area contributed by atoms with E-state index >= 15 is 0 Å². The minimum absolute atomic E-state index is 0.0570. The minimum atomic E-state index is -1.01. The van der Waals surface area contributed by atoms with Crippen LogP contribution in [0.3, 0.4) is 0 Å². The molecule has 0 aromatic rings. The van der Waals surface area contributed by atoms with Crippen LogP contribution in [0.5, 0.6) is 0 Å². The second-order valence-corrected chi connectivity index (χ2v) is 7.20. The topological polar surface area (TPSA) is 66.4 Å². The van der Waals surface area contributed by atoms with Gasteiger partial charge in [0.2, 0.25) is 5.91 Å². The number of carbonyl (C=O) groups excluding carboxylic acids is 1. The van der Waals surface area contributed by atoms with Crippen molar-refractivity contribution in [2.24, 2.45) is 11.8 Å². The summed E-state index contributed by atoms with van der Waals surface area (Å²) in [4.78, 5) is 24.0. The van der Waals surface area contributed by atoms with Gasteiger partial charge in [-0.05, 0) is 37.5 Å². The number of aliphatic carboxylic acids is 1. The number of carboxylic acid groups (broad SMARTS) is 1. The number of carbonyl (C=O) groups is 2. The predicted octanol–water partition coefficient (Wildman–Crippen LogP) is 3.50. The molecule has 2 saturated carbocycles. The van der Waals surface area contributed by atoms with Gasteiger partial charge in [-0.15, -0.1) is 0 Å². The van der Waals surface area contributed by atoms with Crippen LogP contribution in [0.4, 0.5) is 0 Å². The number of nitrogens with one attached hydrogen (secondary N) is 1. The van der Waals surface area contributed by atoms with Gasteiger partial charge in [0.05, 0.1) is 0 Å². The van der Waals surface area contributed by atoms with Crippen LogP contribution in [0.25, 0.3) is 0 Å². The van der Waals surface area contributed by atoms with Crippen molar-refractivity contribution in [2.45, 2.75) is 83.1 Å². The second kappa shape index (κ2) is 7.28. The Labute approximate surface area is 127 Å². The molecule has 2 unspecified atom stereocenters. The monoisotopic (exact) mass is 295 g/mol. The van der Waals surface area contributed by atoms with Crippen molar-refractivity contribution in [3.8, 4) is 0 Å². The first-order chi connectivity index (χ1) is 10.0.